The lowest BCUT2D eigenvalue weighted by molar-refractivity contribution is 0.196. The van der Waals surface area contributed by atoms with E-state index in [1.165, 1.54) is 12.1 Å². The zero-order valence-electron chi connectivity index (χ0n) is 9.20. The summed E-state index contributed by atoms with van der Waals surface area (Å²) in [7, 11) is 0. The van der Waals surface area contributed by atoms with Crippen molar-refractivity contribution in [3.8, 4) is 6.07 Å². The molecule has 2 rings (SSSR count). The molecule has 0 bridgehead atoms. The Morgan fingerprint density at radius 1 is 1.50 bits per heavy atom. The molecule has 1 atom stereocenters. The van der Waals surface area contributed by atoms with Crippen molar-refractivity contribution >= 4 is 0 Å². The topological polar surface area (TPSA) is 56.0 Å². The highest BCUT2D eigenvalue weighted by Gasteiger charge is 2.08. The normalized spacial score (nSPS) is 18.5. The Morgan fingerprint density at radius 3 is 2.62 bits per heavy atom. The molecule has 1 unspecified atom stereocenters. The van der Waals surface area contributed by atoms with Crippen LogP contribution in [0.15, 0.2) is 18.2 Å². The van der Waals surface area contributed by atoms with Gasteiger partial charge in [0.05, 0.1) is 17.7 Å². The molecule has 0 amide bonds. The average molecular weight is 222 g/mol. The molecule has 16 heavy (non-hydrogen) atoms. The van der Waals surface area contributed by atoms with E-state index >= 15 is 0 Å². The summed E-state index contributed by atoms with van der Waals surface area (Å²) in [6.45, 7) is 3.53. The van der Waals surface area contributed by atoms with Crippen molar-refractivity contribution in [3.05, 3.63) is 35.1 Å². The third kappa shape index (κ3) is 4.39. The molecule has 2 N–H and O–H groups in total. The van der Waals surface area contributed by atoms with E-state index in [9.17, 15) is 4.39 Å². The standard InChI is InChI=1S/C8H6FN.C4H9NO/c1-6-2-7(5-10)4-8(9)3-6;6-4-1-2-5-3-4/h2-4H,1H3;4-6H,1-3H2. The number of nitrogens with zero attached hydrogens (tertiary/aromatic N) is 1. The van der Waals surface area contributed by atoms with Gasteiger partial charge in [-0.3, -0.25) is 0 Å². The smallest absolute Gasteiger partial charge is 0.124 e. The van der Waals surface area contributed by atoms with Gasteiger partial charge in [0.25, 0.3) is 0 Å². The molecule has 4 heteroatoms. The molecule has 86 valence electrons. The molecule has 1 aromatic rings. The molecule has 1 aromatic carbocycles. The Kier molecular flexibility index (Phi) is 4.90. The van der Waals surface area contributed by atoms with Crippen LogP contribution in [0.1, 0.15) is 17.5 Å². The van der Waals surface area contributed by atoms with Crippen molar-refractivity contribution in [2.24, 2.45) is 0 Å². The second kappa shape index (κ2) is 6.21. The van der Waals surface area contributed by atoms with Gasteiger partial charge in [0.15, 0.2) is 0 Å². The Labute approximate surface area is 94.5 Å². The maximum Gasteiger partial charge on any atom is 0.124 e. The first kappa shape index (κ1) is 12.6. The minimum atomic E-state index is -0.350. The largest absolute Gasteiger partial charge is 0.392 e. The molecule has 0 saturated carbocycles. The number of halogens is 1. The molecular weight excluding hydrogens is 207 g/mol. The third-order valence-electron chi connectivity index (χ3n) is 2.21. The second-order valence-corrected chi connectivity index (χ2v) is 3.78. The lowest BCUT2D eigenvalue weighted by atomic mass is 10.1. The van der Waals surface area contributed by atoms with E-state index in [0.717, 1.165) is 25.1 Å². The van der Waals surface area contributed by atoms with Crippen molar-refractivity contribution in [2.45, 2.75) is 19.4 Å². The van der Waals surface area contributed by atoms with Crippen molar-refractivity contribution in [2.75, 3.05) is 13.1 Å². The van der Waals surface area contributed by atoms with Crippen LogP contribution in [0.3, 0.4) is 0 Å². The quantitative estimate of drug-likeness (QED) is 0.696. The summed E-state index contributed by atoms with van der Waals surface area (Å²) in [4.78, 5) is 0. The third-order valence-corrected chi connectivity index (χ3v) is 2.21. The molecule has 0 aliphatic carbocycles. The molecule has 1 fully saturated rings. The number of aliphatic hydroxyl groups excluding tert-OH is 1. The predicted octanol–water partition coefficient (Wildman–Crippen LogP) is 1.35. The Bertz CT molecular complexity index is 361. The molecule has 1 heterocycles. The van der Waals surface area contributed by atoms with Crippen LogP contribution < -0.4 is 5.32 Å². The lowest BCUT2D eigenvalue weighted by Crippen LogP contribution is -2.11. The Hall–Kier alpha value is -1.44. The molecule has 1 aliphatic rings. The number of hydrogen-bond donors (Lipinski definition) is 2. The summed E-state index contributed by atoms with van der Waals surface area (Å²) in [5.41, 5.74) is 1.15. The van der Waals surface area contributed by atoms with Crippen LogP contribution in [0.25, 0.3) is 0 Å². The number of benzene rings is 1. The summed E-state index contributed by atoms with van der Waals surface area (Å²) in [5, 5.41) is 20.1. The predicted molar refractivity (Wildman–Crippen MR) is 59.3 cm³/mol. The van der Waals surface area contributed by atoms with E-state index in [4.69, 9.17) is 10.4 Å². The van der Waals surface area contributed by atoms with Crippen molar-refractivity contribution in [1.82, 2.24) is 5.32 Å². The van der Waals surface area contributed by atoms with Crippen LogP contribution in [0.2, 0.25) is 0 Å². The Balaban J connectivity index is 0.000000181. The van der Waals surface area contributed by atoms with Crippen molar-refractivity contribution < 1.29 is 9.50 Å². The molecule has 0 spiro atoms. The van der Waals surface area contributed by atoms with Gasteiger partial charge >= 0.3 is 0 Å². The zero-order valence-corrected chi connectivity index (χ0v) is 9.20. The first-order chi connectivity index (χ1) is 7.61. The maximum atomic E-state index is 12.5. The number of hydrogen-bond acceptors (Lipinski definition) is 3. The van der Waals surface area contributed by atoms with Crippen LogP contribution in [-0.4, -0.2) is 24.3 Å². The Morgan fingerprint density at radius 2 is 2.25 bits per heavy atom. The highest BCUT2D eigenvalue weighted by molar-refractivity contribution is 5.32. The summed E-state index contributed by atoms with van der Waals surface area (Å²) in [5.74, 6) is -0.350. The number of β-amino-alcohol motifs (C(OH)–C–C–N with tert-alkyl or cyclic N) is 1. The van der Waals surface area contributed by atoms with Crippen molar-refractivity contribution in [3.63, 3.8) is 0 Å². The summed E-state index contributed by atoms with van der Waals surface area (Å²) in [6.07, 6.45) is 0.866. The number of nitriles is 1. The van der Waals surface area contributed by atoms with E-state index in [-0.39, 0.29) is 11.9 Å². The van der Waals surface area contributed by atoms with Gasteiger partial charge in [-0.25, -0.2) is 4.39 Å². The van der Waals surface area contributed by atoms with Crippen LogP contribution in [0.5, 0.6) is 0 Å². The highest BCUT2D eigenvalue weighted by Crippen LogP contribution is 2.06. The fraction of sp³-hybridized carbons (Fsp3) is 0.417. The molecule has 3 nitrogen and oxygen atoms in total. The summed E-state index contributed by atoms with van der Waals surface area (Å²) in [6, 6.07) is 6.12. The number of rotatable bonds is 0. The average Bonchev–Trinajstić information content (AvgIpc) is 2.68. The molecule has 1 aliphatic heterocycles. The fourth-order valence-corrected chi connectivity index (χ4v) is 1.44. The van der Waals surface area contributed by atoms with Crippen molar-refractivity contribution in [1.29, 1.82) is 5.26 Å². The second-order valence-electron chi connectivity index (χ2n) is 3.78. The van der Waals surface area contributed by atoms with Crippen LogP contribution in [0, 0.1) is 24.1 Å². The maximum absolute atomic E-state index is 12.5. The first-order valence-corrected chi connectivity index (χ1v) is 5.18. The highest BCUT2D eigenvalue weighted by atomic mass is 19.1. The number of aliphatic hydroxyl groups is 1. The van der Waals surface area contributed by atoms with Crippen LogP contribution in [0.4, 0.5) is 4.39 Å². The monoisotopic (exact) mass is 222 g/mol. The number of nitrogens with one attached hydrogen (secondary N) is 1. The van der Waals surface area contributed by atoms with Gasteiger partial charge in [0, 0.05) is 6.54 Å². The van der Waals surface area contributed by atoms with Gasteiger partial charge in [0.2, 0.25) is 0 Å². The fourth-order valence-electron chi connectivity index (χ4n) is 1.44. The molecular formula is C12H15FN2O. The minimum Gasteiger partial charge on any atom is -0.392 e. The van der Waals surface area contributed by atoms with Gasteiger partial charge in [-0.05, 0) is 43.7 Å². The first-order valence-electron chi connectivity index (χ1n) is 5.18. The van der Waals surface area contributed by atoms with Crippen LogP contribution in [-0.2, 0) is 0 Å². The molecule has 0 aromatic heterocycles. The zero-order chi connectivity index (χ0) is 12.0. The van der Waals surface area contributed by atoms with Gasteiger partial charge in [0.1, 0.15) is 5.82 Å². The molecule has 1 saturated heterocycles. The lowest BCUT2D eigenvalue weighted by Gasteiger charge is -1.92. The van der Waals surface area contributed by atoms with E-state index < -0.39 is 0 Å². The van der Waals surface area contributed by atoms with Gasteiger partial charge in [-0.2, -0.15) is 5.26 Å². The van der Waals surface area contributed by atoms with Gasteiger partial charge in [-0.15, -0.1) is 0 Å². The van der Waals surface area contributed by atoms with Gasteiger partial charge < -0.3 is 10.4 Å². The molecule has 0 radical (unpaired) electrons. The van der Waals surface area contributed by atoms with E-state index in [1.54, 1.807) is 13.0 Å². The summed E-state index contributed by atoms with van der Waals surface area (Å²) >= 11 is 0. The SMILES string of the molecule is Cc1cc(F)cc(C#N)c1.OC1CCNC1. The minimum absolute atomic E-state index is 0.0648. The van der Waals surface area contributed by atoms with E-state index in [0.29, 0.717) is 5.56 Å². The van der Waals surface area contributed by atoms with E-state index in [2.05, 4.69) is 5.32 Å². The van der Waals surface area contributed by atoms with E-state index in [1.807, 2.05) is 6.07 Å². The van der Waals surface area contributed by atoms with Gasteiger partial charge in [-0.1, -0.05) is 0 Å². The van der Waals surface area contributed by atoms with Crippen LogP contribution >= 0.6 is 0 Å². The number of aryl methyl sites for hydroxylation is 1. The summed E-state index contributed by atoms with van der Waals surface area (Å²) < 4.78 is 12.5.